The molecule has 264 valence electrons. The molecule has 11 heteroatoms. The SMILES string of the molecule is Cc1cccc(C)c1-c1cc2nc(n1)NS(=O)(=O)c1cccc(c1)C(=O)N(C1CC(NCCOCc3ccccc3)C1)[C@H](CC(C)(C)C)CO2. The first-order valence-corrected chi connectivity index (χ1v) is 18.7. The summed E-state index contributed by atoms with van der Waals surface area (Å²) in [6.45, 7) is 12.5. The molecule has 0 spiro atoms. The third kappa shape index (κ3) is 8.51. The quantitative estimate of drug-likeness (QED) is 0.189. The lowest BCUT2D eigenvalue weighted by Gasteiger charge is -2.47. The topological polar surface area (TPSA) is 123 Å². The van der Waals surface area contributed by atoms with Crippen LogP contribution in [0.15, 0.2) is 83.8 Å². The molecule has 2 N–H and O–H groups in total. The van der Waals surface area contributed by atoms with Crippen molar-refractivity contribution in [2.24, 2.45) is 5.41 Å². The van der Waals surface area contributed by atoms with Crippen molar-refractivity contribution in [2.45, 2.75) is 83.5 Å². The number of fused-ring (bicyclic) bond motifs is 4. The van der Waals surface area contributed by atoms with Crippen LogP contribution in [-0.2, 0) is 21.4 Å². The number of sulfonamides is 1. The van der Waals surface area contributed by atoms with Crippen LogP contribution in [0.1, 0.15) is 67.1 Å². The Labute approximate surface area is 295 Å². The molecule has 1 aliphatic heterocycles. The van der Waals surface area contributed by atoms with E-state index in [1.807, 2.05) is 67.3 Å². The number of hydrogen-bond acceptors (Lipinski definition) is 8. The number of carbonyl (C=O) groups excluding carboxylic acids is 1. The van der Waals surface area contributed by atoms with E-state index in [9.17, 15) is 13.2 Å². The smallest absolute Gasteiger partial charge is 0.264 e. The molecule has 0 radical (unpaired) electrons. The molecule has 6 rings (SSSR count). The largest absolute Gasteiger partial charge is 0.475 e. The van der Waals surface area contributed by atoms with E-state index in [1.165, 1.54) is 12.1 Å². The lowest BCUT2D eigenvalue weighted by atomic mass is 9.81. The molecule has 1 aromatic heterocycles. The molecule has 2 aliphatic rings. The van der Waals surface area contributed by atoms with E-state index in [4.69, 9.17) is 9.47 Å². The Bertz CT molecular complexity index is 1900. The number of aryl methyl sites for hydroxylation is 2. The summed E-state index contributed by atoms with van der Waals surface area (Å²) in [6, 6.07) is 23.9. The Morgan fingerprint density at radius 2 is 1.68 bits per heavy atom. The van der Waals surface area contributed by atoms with Gasteiger partial charge in [-0.15, -0.1) is 0 Å². The second-order valence-electron chi connectivity index (χ2n) is 14.6. The van der Waals surface area contributed by atoms with E-state index in [1.54, 1.807) is 18.2 Å². The van der Waals surface area contributed by atoms with Crippen molar-refractivity contribution in [3.63, 3.8) is 0 Å². The fraction of sp³-hybridized carbons (Fsp3) is 0.410. The van der Waals surface area contributed by atoms with Gasteiger partial charge in [0.25, 0.3) is 15.9 Å². The van der Waals surface area contributed by atoms with Crippen molar-refractivity contribution in [3.8, 4) is 17.1 Å². The fourth-order valence-electron chi connectivity index (χ4n) is 6.85. The Balaban J connectivity index is 1.28. The van der Waals surface area contributed by atoms with Crippen LogP contribution < -0.4 is 14.8 Å². The minimum absolute atomic E-state index is 0.0397. The molecule has 1 amide bonds. The molecule has 50 heavy (non-hydrogen) atoms. The molecular weight excluding hydrogens is 651 g/mol. The van der Waals surface area contributed by atoms with Gasteiger partial charge < -0.3 is 19.7 Å². The average molecular weight is 698 g/mol. The molecule has 1 saturated carbocycles. The van der Waals surface area contributed by atoms with Gasteiger partial charge in [-0.05, 0) is 73.4 Å². The maximum absolute atomic E-state index is 14.5. The van der Waals surface area contributed by atoms with Gasteiger partial charge in [-0.2, -0.15) is 4.98 Å². The van der Waals surface area contributed by atoms with Gasteiger partial charge >= 0.3 is 0 Å². The third-order valence-electron chi connectivity index (χ3n) is 9.25. The number of aromatic nitrogens is 2. The number of rotatable bonds is 9. The zero-order chi connectivity index (χ0) is 35.5. The Kier molecular flexibility index (Phi) is 10.6. The van der Waals surface area contributed by atoms with E-state index >= 15 is 0 Å². The highest BCUT2D eigenvalue weighted by molar-refractivity contribution is 7.92. The second-order valence-corrected chi connectivity index (χ2v) is 16.3. The van der Waals surface area contributed by atoms with E-state index in [2.05, 4.69) is 40.8 Å². The van der Waals surface area contributed by atoms with Crippen LogP contribution in [0.3, 0.4) is 0 Å². The summed E-state index contributed by atoms with van der Waals surface area (Å²) in [5.74, 6) is -0.0832. The first-order chi connectivity index (χ1) is 23.9. The highest BCUT2D eigenvalue weighted by atomic mass is 32.2. The zero-order valence-electron chi connectivity index (χ0n) is 29.5. The molecule has 2 heterocycles. The van der Waals surface area contributed by atoms with Crippen LogP contribution in [-0.4, -0.2) is 67.1 Å². The van der Waals surface area contributed by atoms with E-state index in [0.717, 1.165) is 35.1 Å². The van der Waals surface area contributed by atoms with Crippen molar-refractivity contribution < 1.29 is 22.7 Å². The summed E-state index contributed by atoms with van der Waals surface area (Å²) < 4.78 is 42.2. The fourth-order valence-corrected chi connectivity index (χ4v) is 7.84. The highest BCUT2D eigenvalue weighted by Gasteiger charge is 2.41. The Morgan fingerprint density at radius 1 is 0.960 bits per heavy atom. The summed E-state index contributed by atoms with van der Waals surface area (Å²) in [5, 5.41) is 3.58. The van der Waals surface area contributed by atoms with Crippen LogP contribution >= 0.6 is 0 Å². The van der Waals surface area contributed by atoms with Crippen LogP contribution in [0.25, 0.3) is 11.3 Å². The van der Waals surface area contributed by atoms with Gasteiger partial charge in [-0.25, -0.2) is 18.1 Å². The Morgan fingerprint density at radius 3 is 2.40 bits per heavy atom. The van der Waals surface area contributed by atoms with Crippen molar-refractivity contribution in [1.29, 1.82) is 0 Å². The predicted octanol–water partition coefficient (Wildman–Crippen LogP) is 6.54. The second kappa shape index (κ2) is 14.9. The van der Waals surface area contributed by atoms with Gasteiger partial charge in [0.1, 0.15) is 6.61 Å². The van der Waals surface area contributed by atoms with Gasteiger partial charge in [-0.1, -0.05) is 75.4 Å². The molecular formula is C39H47N5O5S. The van der Waals surface area contributed by atoms with Gasteiger partial charge in [0.05, 0.1) is 29.8 Å². The summed E-state index contributed by atoms with van der Waals surface area (Å²) in [5.41, 5.74) is 4.73. The number of nitrogens with one attached hydrogen (secondary N) is 2. The molecule has 1 fully saturated rings. The molecule has 1 atom stereocenters. The number of amides is 1. The molecule has 0 saturated heterocycles. The summed E-state index contributed by atoms with van der Waals surface area (Å²) in [4.78, 5) is 25.5. The minimum Gasteiger partial charge on any atom is -0.475 e. The molecule has 3 aromatic carbocycles. The van der Waals surface area contributed by atoms with Gasteiger partial charge in [0.2, 0.25) is 11.8 Å². The van der Waals surface area contributed by atoms with Crippen molar-refractivity contribution >= 4 is 21.9 Å². The van der Waals surface area contributed by atoms with Gasteiger partial charge in [0, 0.05) is 35.8 Å². The molecule has 4 bridgehead atoms. The first-order valence-electron chi connectivity index (χ1n) is 17.3. The average Bonchev–Trinajstić information content (AvgIpc) is 3.04. The first kappa shape index (κ1) is 35.5. The maximum atomic E-state index is 14.5. The monoisotopic (exact) mass is 697 g/mol. The van der Waals surface area contributed by atoms with Crippen molar-refractivity contribution in [1.82, 2.24) is 20.2 Å². The molecule has 4 aromatic rings. The van der Waals surface area contributed by atoms with Crippen LogP contribution in [0.2, 0.25) is 0 Å². The number of nitrogens with zero attached hydrogens (tertiary/aromatic N) is 3. The molecule has 10 nitrogen and oxygen atoms in total. The molecule has 1 aliphatic carbocycles. The van der Waals surface area contributed by atoms with E-state index < -0.39 is 10.0 Å². The van der Waals surface area contributed by atoms with E-state index in [0.29, 0.717) is 37.4 Å². The van der Waals surface area contributed by atoms with Crippen molar-refractivity contribution in [3.05, 3.63) is 101 Å². The lowest BCUT2D eigenvalue weighted by Crippen LogP contribution is -2.59. The standard InChI is InChI=1S/C39H47N5O5S/c1-26-11-9-12-27(2)36(26)34-22-35-42-38(41-34)43-50(46,47)33-16-10-15-29(19-33)37(45)44(32(25-49-35)23-39(3,4)5)31-20-30(21-31)40-17-18-48-24-28-13-7-6-8-14-28/h6-16,19,22,30-32,40H,17-18,20-21,23-25H2,1-5H3,(H,41,42,43)/t30?,31?,32-/m1/s1. The number of ether oxygens (including phenoxy) is 2. The molecule has 0 unspecified atom stereocenters. The maximum Gasteiger partial charge on any atom is 0.264 e. The third-order valence-corrected chi connectivity index (χ3v) is 10.6. The van der Waals surface area contributed by atoms with E-state index in [-0.39, 0.29) is 52.8 Å². The highest BCUT2D eigenvalue weighted by Crippen LogP contribution is 2.35. The normalized spacial score (nSPS) is 20.4. The Hall–Kier alpha value is -4.32. The summed E-state index contributed by atoms with van der Waals surface area (Å²) in [7, 11) is -4.14. The van der Waals surface area contributed by atoms with Crippen LogP contribution in [0.4, 0.5) is 5.95 Å². The summed E-state index contributed by atoms with van der Waals surface area (Å²) >= 11 is 0. The number of hydrogen-bond donors (Lipinski definition) is 2. The predicted molar refractivity (Wildman–Crippen MR) is 195 cm³/mol. The number of carbonyl (C=O) groups is 1. The van der Waals surface area contributed by atoms with Crippen molar-refractivity contribution in [2.75, 3.05) is 24.5 Å². The van der Waals surface area contributed by atoms with Crippen LogP contribution in [0.5, 0.6) is 5.88 Å². The number of benzene rings is 3. The van der Waals surface area contributed by atoms with Crippen LogP contribution in [0, 0.1) is 19.3 Å². The zero-order valence-corrected chi connectivity index (χ0v) is 30.3. The minimum atomic E-state index is -4.14. The van der Waals surface area contributed by atoms with Gasteiger partial charge in [0.15, 0.2) is 0 Å². The lowest BCUT2D eigenvalue weighted by molar-refractivity contribution is 0.0153. The number of anilines is 1. The summed E-state index contributed by atoms with van der Waals surface area (Å²) in [6.07, 6.45) is 2.19. The van der Waals surface area contributed by atoms with Gasteiger partial charge in [-0.3, -0.25) is 4.79 Å².